The molecule has 0 aliphatic heterocycles. The summed E-state index contributed by atoms with van der Waals surface area (Å²) in [6, 6.07) is 0. The van der Waals surface area contributed by atoms with E-state index in [4.69, 9.17) is 9.52 Å². The van der Waals surface area contributed by atoms with Gasteiger partial charge < -0.3 is 9.52 Å². The number of nitrogens with zero attached hydrogens (tertiary/aromatic N) is 1. The van der Waals surface area contributed by atoms with Crippen LogP contribution in [0.1, 0.15) is 63.2 Å². The molecule has 0 aromatic carbocycles. The molecule has 4 nitrogen and oxygen atoms in total. The van der Waals surface area contributed by atoms with Crippen molar-refractivity contribution in [2.45, 2.75) is 52.9 Å². The Morgan fingerprint density at radius 3 is 2.35 bits per heavy atom. The van der Waals surface area contributed by atoms with Gasteiger partial charge in [0.15, 0.2) is 5.89 Å². The third kappa shape index (κ3) is 3.58. The third-order valence-corrected chi connectivity index (χ3v) is 2.51. The van der Waals surface area contributed by atoms with Crippen LogP contribution >= 0.6 is 0 Å². The van der Waals surface area contributed by atoms with Crippen LogP contribution in [0.5, 0.6) is 0 Å². The SMILES string of the molecule is CC(C)CCc1nc(C(C)(C)C)c(C(=O)O)o1. The van der Waals surface area contributed by atoms with Gasteiger partial charge in [0.25, 0.3) is 0 Å². The van der Waals surface area contributed by atoms with Crippen molar-refractivity contribution in [1.29, 1.82) is 0 Å². The lowest BCUT2D eigenvalue weighted by atomic mass is 9.91. The first-order chi connectivity index (χ1) is 7.71. The maximum Gasteiger partial charge on any atom is 0.373 e. The van der Waals surface area contributed by atoms with Gasteiger partial charge in [-0.1, -0.05) is 34.6 Å². The van der Waals surface area contributed by atoms with E-state index < -0.39 is 5.97 Å². The molecular weight excluding hydrogens is 218 g/mol. The summed E-state index contributed by atoms with van der Waals surface area (Å²) in [7, 11) is 0. The van der Waals surface area contributed by atoms with Crippen molar-refractivity contribution in [2.24, 2.45) is 5.92 Å². The van der Waals surface area contributed by atoms with Crippen molar-refractivity contribution in [1.82, 2.24) is 4.98 Å². The van der Waals surface area contributed by atoms with Crippen LogP contribution in [0.4, 0.5) is 0 Å². The highest BCUT2D eigenvalue weighted by Crippen LogP contribution is 2.26. The average Bonchev–Trinajstić information content (AvgIpc) is 2.57. The highest BCUT2D eigenvalue weighted by atomic mass is 16.4. The maximum atomic E-state index is 11.1. The summed E-state index contributed by atoms with van der Waals surface area (Å²) in [6.07, 6.45) is 1.64. The molecule has 17 heavy (non-hydrogen) atoms. The van der Waals surface area contributed by atoms with E-state index in [9.17, 15) is 4.79 Å². The number of hydrogen-bond donors (Lipinski definition) is 1. The first kappa shape index (κ1) is 13.7. The lowest BCUT2D eigenvalue weighted by Crippen LogP contribution is -2.16. The summed E-state index contributed by atoms with van der Waals surface area (Å²) in [5, 5.41) is 9.09. The van der Waals surface area contributed by atoms with Gasteiger partial charge in [-0.3, -0.25) is 0 Å². The van der Waals surface area contributed by atoms with Crippen molar-refractivity contribution in [3.8, 4) is 0 Å². The molecule has 0 saturated heterocycles. The first-order valence-corrected chi connectivity index (χ1v) is 5.95. The minimum atomic E-state index is -1.04. The normalized spacial score (nSPS) is 12.1. The van der Waals surface area contributed by atoms with Crippen LogP contribution in [0, 0.1) is 5.92 Å². The molecule has 0 aliphatic carbocycles. The van der Waals surface area contributed by atoms with Gasteiger partial charge in [-0.15, -0.1) is 0 Å². The number of oxazole rings is 1. The van der Waals surface area contributed by atoms with E-state index in [1.54, 1.807) is 0 Å². The van der Waals surface area contributed by atoms with E-state index in [1.165, 1.54) is 0 Å². The Hall–Kier alpha value is -1.32. The number of aromatic nitrogens is 1. The minimum Gasteiger partial charge on any atom is -0.475 e. The van der Waals surface area contributed by atoms with Gasteiger partial charge in [-0.2, -0.15) is 0 Å². The zero-order valence-corrected chi connectivity index (χ0v) is 11.2. The van der Waals surface area contributed by atoms with E-state index in [0.717, 1.165) is 6.42 Å². The quantitative estimate of drug-likeness (QED) is 0.875. The van der Waals surface area contributed by atoms with Crippen LogP contribution in [0.15, 0.2) is 4.42 Å². The lowest BCUT2D eigenvalue weighted by Gasteiger charge is -2.14. The number of carboxylic acids is 1. The fourth-order valence-electron chi connectivity index (χ4n) is 1.54. The first-order valence-electron chi connectivity index (χ1n) is 5.95. The average molecular weight is 239 g/mol. The zero-order valence-electron chi connectivity index (χ0n) is 11.2. The van der Waals surface area contributed by atoms with Gasteiger partial charge in [-0.25, -0.2) is 9.78 Å². The molecule has 1 heterocycles. The van der Waals surface area contributed by atoms with E-state index >= 15 is 0 Å². The molecule has 0 fully saturated rings. The van der Waals surface area contributed by atoms with Gasteiger partial charge in [0.05, 0.1) is 5.69 Å². The highest BCUT2D eigenvalue weighted by molar-refractivity contribution is 5.86. The number of aromatic carboxylic acids is 1. The van der Waals surface area contributed by atoms with E-state index in [0.29, 0.717) is 23.9 Å². The predicted octanol–water partition coefficient (Wildman–Crippen LogP) is 3.26. The molecule has 4 heteroatoms. The summed E-state index contributed by atoms with van der Waals surface area (Å²) >= 11 is 0. The van der Waals surface area contributed by atoms with Gasteiger partial charge in [0, 0.05) is 11.8 Å². The smallest absolute Gasteiger partial charge is 0.373 e. The van der Waals surface area contributed by atoms with Crippen LogP contribution in [-0.2, 0) is 11.8 Å². The fraction of sp³-hybridized carbons (Fsp3) is 0.692. The van der Waals surface area contributed by atoms with E-state index in [1.807, 2.05) is 20.8 Å². The topological polar surface area (TPSA) is 63.3 Å². The summed E-state index contributed by atoms with van der Waals surface area (Å²) < 4.78 is 5.34. The number of aryl methyl sites for hydroxylation is 1. The maximum absolute atomic E-state index is 11.1. The molecule has 0 radical (unpaired) electrons. The second-order valence-corrected chi connectivity index (χ2v) is 5.77. The van der Waals surface area contributed by atoms with Crippen molar-refractivity contribution in [3.63, 3.8) is 0 Å². The van der Waals surface area contributed by atoms with Crippen LogP contribution in [0.3, 0.4) is 0 Å². The van der Waals surface area contributed by atoms with Crippen LogP contribution in [0.25, 0.3) is 0 Å². The Morgan fingerprint density at radius 1 is 1.41 bits per heavy atom. The number of carboxylic acid groups (broad SMARTS) is 1. The Balaban J connectivity index is 3.01. The zero-order chi connectivity index (χ0) is 13.2. The molecule has 0 bridgehead atoms. The fourth-order valence-corrected chi connectivity index (χ4v) is 1.54. The van der Waals surface area contributed by atoms with E-state index in [2.05, 4.69) is 18.8 Å². The molecule has 1 aromatic rings. The van der Waals surface area contributed by atoms with Crippen molar-refractivity contribution >= 4 is 5.97 Å². The van der Waals surface area contributed by atoms with Crippen LogP contribution in [0.2, 0.25) is 0 Å². The molecule has 1 N–H and O–H groups in total. The Kier molecular flexibility index (Phi) is 3.96. The summed E-state index contributed by atoms with van der Waals surface area (Å²) in [5.41, 5.74) is 0.219. The summed E-state index contributed by atoms with van der Waals surface area (Å²) in [6.45, 7) is 10.0. The van der Waals surface area contributed by atoms with Crippen LogP contribution in [-0.4, -0.2) is 16.1 Å². The molecule has 0 unspecified atom stereocenters. The monoisotopic (exact) mass is 239 g/mol. The van der Waals surface area contributed by atoms with Gasteiger partial charge in [0.2, 0.25) is 5.76 Å². The molecule has 1 aromatic heterocycles. The summed E-state index contributed by atoms with van der Waals surface area (Å²) in [4.78, 5) is 15.4. The lowest BCUT2D eigenvalue weighted by molar-refractivity contribution is 0.0656. The summed E-state index contributed by atoms with van der Waals surface area (Å²) in [5.74, 6) is 0.0174. The molecule has 0 atom stereocenters. The van der Waals surface area contributed by atoms with Crippen molar-refractivity contribution in [3.05, 3.63) is 17.3 Å². The van der Waals surface area contributed by atoms with Crippen molar-refractivity contribution < 1.29 is 14.3 Å². The molecular formula is C13H21NO3. The van der Waals surface area contributed by atoms with Crippen LogP contribution < -0.4 is 0 Å². The molecule has 0 saturated carbocycles. The predicted molar refractivity (Wildman–Crippen MR) is 65.3 cm³/mol. The van der Waals surface area contributed by atoms with E-state index in [-0.39, 0.29) is 11.2 Å². The standard InChI is InChI=1S/C13H21NO3/c1-8(2)6-7-9-14-11(13(3,4)5)10(17-9)12(15)16/h8H,6-7H2,1-5H3,(H,15,16). The molecule has 1 rings (SSSR count). The Morgan fingerprint density at radius 2 is 2.00 bits per heavy atom. The molecule has 0 amide bonds. The molecule has 0 aliphatic rings. The number of hydrogen-bond acceptors (Lipinski definition) is 3. The molecule has 0 spiro atoms. The van der Waals surface area contributed by atoms with Gasteiger partial charge in [-0.05, 0) is 12.3 Å². The second kappa shape index (κ2) is 4.90. The molecule has 96 valence electrons. The number of carbonyl (C=O) groups is 1. The van der Waals surface area contributed by atoms with Gasteiger partial charge in [0.1, 0.15) is 0 Å². The van der Waals surface area contributed by atoms with Gasteiger partial charge >= 0.3 is 5.97 Å². The minimum absolute atomic E-state index is 0.0174. The largest absolute Gasteiger partial charge is 0.475 e. The third-order valence-electron chi connectivity index (χ3n) is 2.51. The van der Waals surface area contributed by atoms with Crippen molar-refractivity contribution in [2.75, 3.05) is 0 Å². The highest BCUT2D eigenvalue weighted by Gasteiger charge is 2.28. The Labute approximate surface area is 102 Å². The Bertz CT molecular complexity index is 399. The number of rotatable bonds is 4. The second-order valence-electron chi connectivity index (χ2n) is 5.77.